The van der Waals surface area contributed by atoms with Crippen molar-refractivity contribution in [3.05, 3.63) is 11.6 Å². The predicted octanol–water partition coefficient (Wildman–Crippen LogP) is 8.66. The predicted molar refractivity (Wildman–Crippen MR) is 140 cm³/mol. The zero-order valence-corrected chi connectivity index (χ0v) is 23.0. The van der Waals surface area contributed by atoms with Gasteiger partial charge >= 0.3 is 0 Å². The molecule has 0 amide bonds. The van der Waals surface area contributed by atoms with Crippen molar-refractivity contribution in [2.45, 2.75) is 125 Å². The van der Waals surface area contributed by atoms with Gasteiger partial charge in [-0.15, -0.1) is 0 Å². The fourth-order valence-electron chi connectivity index (χ4n) is 11.3. The molecular formula is C32H54O. The SMILES string of the molecule is CC1CC[C@]2(C(C)O)CCC[C@@H](C)C3C(=CCC4C5(C)CCC(C)C(C)C5CCC34C)C2C1. The van der Waals surface area contributed by atoms with Gasteiger partial charge in [-0.3, -0.25) is 0 Å². The standard InChI is InChI=1S/C32H54O/c1-20-12-18-32(24(5)33)15-8-9-22(3)29-25(27(32)19-20)10-11-28-30(6)16-13-21(2)23(4)26(30)14-17-31(28,29)7/h10,20-24,26-29,33H,8-9,11-19H2,1-7H3/t20?,21?,22-,23?,24?,26?,27?,28?,29?,30?,31?,32+/m1/s1. The number of aliphatic hydroxyl groups excluding tert-OH is 1. The van der Waals surface area contributed by atoms with E-state index in [2.05, 4.69) is 54.5 Å². The van der Waals surface area contributed by atoms with E-state index in [1.54, 1.807) is 0 Å². The van der Waals surface area contributed by atoms with Gasteiger partial charge in [0, 0.05) is 5.41 Å². The third kappa shape index (κ3) is 3.48. The Kier molecular flexibility index (Phi) is 6.20. The largest absolute Gasteiger partial charge is 0.393 e. The molecule has 0 bridgehead atoms. The summed E-state index contributed by atoms with van der Waals surface area (Å²) in [5.74, 6) is 6.49. The second-order valence-corrected chi connectivity index (χ2v) is 14.7. The molecular weight excluding hydrogens is 400 g/mol. The lowest BCUT2D eigenvalue weighted by Crippen LogP contribution is -2.59. The number of hydrogen-bond donors (Lipinski definition) is 1. The molecule has 1 nitrogen and oxygen atoms in total. The molecule has 0 aliphatic heterocycles. The van der Waals surface area contributed by atoms with Gasteiger partial charge in [0.2, 0.25) is 0 Å². The van der Waals surface area contributed by atoms with E-state index < -0.39 is 0 Å². The first-order valence-corrected chi connectivity index (χ1v) is 14.9. The summed E-state index contributed by atoms with van der Waals surface area (Å²) < 4.78 is 0. The van der Waals surface area contributed by atoms with E-state index in [1.165, 1.54) is 70.6 Å². The monoisotopic (exact) mass is 454 g/mol. The summed E-state index contributed by atoms with van der Waals surface area (Å²) in [7, 11) is 0. The average Bonchev–Trinajstić information content (AvgIpc) is 2.75. The van der Waals surface area contributed by atoms with Gasteiger partial charge in [-0.2, -0.15) is 0 Å². The van der Waals surface area contributed by atoms with Gasteiger partial charge in [0.1, 0.15) is 0 Å². The lowest BCUT2D eigenvalue weighted by molar-refractivity contribution is -0.147. The van der Waals surface area contributed by atoms with E-state index in [4.69, 9.17) is 0 Å². The zero-order chi connectivity index (χ0) is 23.8. The van der Waals surface area contributed by atoms with Crippen LogP contribution in [-0.2, 0) is 0 Å². The molecule has 0 aromatic carbocycles. The maximum Gasteiger partial charge on any atom is 0.0574 e. The van der Waals surface area contributed by atoms with Crippen LogP contribution >= 0.6 is 0 Å². The van der Waals surface area contributed by atoms with E-state index in [1.807, 2.05) is 5.57 Å². The molecule has 0 aromatic heterocycles. The highest BCUT2D eigenvalue weighted by Crippen LogP contribution is 2.70. The van der Waals surface area contributed by atoms with Crippen LogP contribution in [0.2, 0.25) is 0 Å². The molecule has 12 atom stereocenters. The maximum absolute atomic E-state index is 11.2. The van der Waals surface area contributed by atoms with Crippen molar-refractivity contribution >= 4 is 0 Å². The fourth-order valence-corrected chi connectivity index (χ4v) is 11.3. The highest BCUT2D eigenvalue weighted by Gasteiger charge is 2.62. The third-order valence-corrected chi connectivity index (χ3v) is 13.3. The van der Waals surface area contributed by atoms with Crippen molar-refractivity contribution in [2.75, 3.05) is 0 Å². The van der Waals surface area contributed by atoms with Gasteiger partial charge in [0.05, 0.1) is 6.10 Å². The third-order valence-electron chi connectivity index (χ3n) is 13.3. The Hall–Kier alpha value is -0.300. The Morgan fingerprint density at radius 3 is 2.33 bits per heavy atom. The second-order valence-electron chi connectivity index (χ2n) is 14.7. The molecule has 188 valence electrons. The molecule has 0 aromatic rings. The minimum Gasteiger partial charge on any atom is -0.393 e. The number of fused-ring (bicyclic) bond motifs is 7. The summed E-state index contributed by atoms with van der Waals surface area (Å²) in [5, 5.41) is 11.2. The van der Waals surface area contributed by atoms with Gasteiger partial charge in [-0.25, -0.2) is 0 Å². The highest BCUT2D eigenvalue weighted by atomic mass is 16.3. The summed E-state index contributed by atoms with van der Waals surface area (Å²) in [5.41, 5.74) is 2.92. The smallest absolute Gasteiger partial charge is 0.0574 e. The Labute approximate surface area is 205 Å². The van der Waals surface area contributed by atoms with Crippen LogP contribution in [0.1, 0.15) is 119 Å². The molecule has 0 heterocycles. The van der Waals surface area contributed by atoms with Gasteiger partial charge < -0.3 is 5.11 Å². The topological polar surface area (TPSA) is 20.2 Å². The van der Waals surface area contributed by atoms with Crippen molar-refractivity contribution < 1.29 is 5.11 Å². The van der Waals surface area contributed by atoms with E-state index in [0.717, 1.165) is 41.4 Å². The molecule has 5 aliphatic rings. The Bertz CT molecular complexity index is 766. The molecule has 1 N–H and O–H groups in total. The van der Waals surface area contributed by atoms with Crippen LogP contribution in [0.25, 0.3) is 0 Å². The fraction of sp³-hybridized carbons (Fsp3) is 0.938. The first kappa shape index (κ1) is 24.4. The van der Waals surface area contributed by atoms with Crippen LogP contribution in [-0.4, -0.2) is 11.2 Å². The van der Waals surface area contributed by atoms with Crippen molar-refractivity contribution in [1.29, 1.82) is 0 Å². The summed E-state index contributed by atoms with van der Waals surface area (Å²) in [6.45, 7) is 17.8. The summed E-state index contributed by atoms with van der Waals surface area (Å²) in [6, 6.07) is 0. The molecule has 5 aliphatic carbocycles. The molecule has 33 heavy (non-hydrogen) atoms. The Balaban J connectivity index is 1.59. The number of aliphatic hydroxyl groups is 1. The van der Waals surface area contributed by atoms with Crippen molar-refractivity contribution in [3.63, 3.8) is 0 Å². The maximum atomic E-state index is 11.2. The lowest BCUT2D eigenvalue weighted by Gasteiger charge is -2.66. The molecule has 0 spiro atoms. The number of hydrogen-bond acceptors (Lipinski definition) is 1. The van der Waals surface area contributed by atoms with Crippen LogP contribution in [0.15, 0.2) is 11.6 Å². The highest BCUT2D eigenvalue weighted by molar-refractivity contribution is 5.28. The summed E-state index contributed by atoms with van der Waals surface area (Å²) in [4.78, 5) is 0. The van der Waals surface area contributed by atoms with Crippen LogP contribution in [0.5, 0.6) is 0 Å². The summed E-state index contributed by atoms with van der Waals surface area (Å²) >= 11 is 0. The van der Waals surface area contributed by atoms with Crippen LogP contribution in [0.4, 0.5) is 0 Å². The van der Waals surface area contributed by atoms with Gasteiger partial charge in [-0.1, -0.05) is 72.5 Å². The summed E-state index contributed by atoms with van der Waals surface area (Å²) in [6.07, 6.45) is 17.5. The molecule has 0 saturated heterocycles. The first-order chi connectivity index (χ1) is 15.5. The quantitative estimate of drug-likeness (QED) is 0.393. The first-order valence-electron chi connectivity index (χ1n) is 14.9. The number of rotatable bonds is 1. The number of allylic oxidation sites excluding steroid dienone is 2. The van der Waals surface area contributed by atoms with Crippen LogP contribution < -0.4 is 0 Å². The lowest BCUT2D eigenvalue weighted by atomic mass is 9.38. The minimum atomic E-state index is -0.176. The molecule has 10 unspecified atom stereocenters. The normalized spacial score (nSPS) is 55.6. The molecule has 4 fully saturated rings. The van der Waals surface area contributed by atoms with Crippen LogP contribution in [0, 0.1) is 63.6 Å². The molecule has 5 rings (SSSR count). The zero-order valence-electron chi connectivity index (χ0n) is 23.0. The Morgan fingerprint density at radius 1 is 0.879 bits per heavy atom. The average molecular weight is 455 g/mol. The van der Waals surface area contributed by atoms with Gasteiger partial charge in [0.25, 0.3) is 0 Å². The molecule has 0 radical (unpaired) electrons. The van der Waals surface area contributed by atoms with Crippen molar-refractivity contribution in [2.24, 2.45) is 63.6 Å². The van der Waals surface area contributed by atoms with Gasteiger partial charge in [-0.05, 0) is 116 Å². The van der Waals surface area contributed by atoms with Crippen LogP contribution in [0.3, 0.4) is 0 Å². The van der Waals surface area contributed by atoms with E-state index in [9.17, 15) is 5.11 Å². The van der Waals surface area contributed by atoms with E-state index in [-0.39, 0.29) is 11.5 Å². The molecule has 1 heteroatoms. The second kappa shape index (κ2) is 8.38. The van der Waals surface area contributed by atoms with Gasteiger partial charge in [0.15, 0.2) is 0 Å². The molecule has 4 saturated carbocycles. The minimum absolute atomic E-state index is 0.135. The van der Waals surface area contributed by atoms with E-state index in [0.29, 0.717) is 16.7 Å². The van der Waals surface area contributed by atoms with E-state index >= 15 is 0 Å². The van der Waals surface area contributed by atoms with Crippen molar-refractivity contribution in [3.8, 4) is 0 Å². The van der Waals surface area contributed by atoms with Crippen molar-refractivity contribution in [1.82, 2.24) is 0 Å². The Morgan fingerprint density at radius 2 is 1.61 bits per heavy atom.